The second-order valence-electron chi connectivity index (χ2n) is 5.05. The lowest BCUT2D eigenvalue weighted by Crippen LogP contribution is -2.20. The molecule has 0 radical (unpaired) electrons. The summed E-state index contributed by atoms with van der Waals surface area (Å²) in [6.07, 6.45) is 5.09. The number of carbonyl (C=O) groups is 1. The Labute approximate surface area is 130 Å². The first-order valence-electron chi connectivity index (χ1n) is 7.11. The average Bonchev–Trinajstić information content (AvgIpc) is 2.52. The maximum absolute atomic E-state index is 11.9. The zero-order valence-electron chi connectivity index (χ0n) is 13.1. The van der Waals surface area contributed by atoms with Crippen LogP contribution in [0.3, 0.4) is 0 Å². The molecule has 1 amide bonds. The Hall–Kier alpha value is -2.62. The van der Waals surface area contributed by atoms with E-state index in [9.17, 15) is 4.79 Å². The topological polar surface area (TPSA) is 51.2 Å². The number of benzene rings is 1. The SMILES string of the molecule is COc1cc(C)c(/C=C/C(=O)NCc2ccccn2)c(C)c1. The van der Waals surface area contributed by atoms with Crippen LogP contribution >= 0.6 is 0 Å². The molecule has 0 saturated carbocycles. The predicted molar refractivity (Wildman–Crippen MR) is 87.6 cm³/mol. The molecule has 1 N–H and O–H groups in total. The summed E-state index contributed by atoms with van der Waals surface area (Å²) in [4.78, 5) is 16.0. The maximum atomic E-state index is 11.9. The van der Waals surface area contributed by atoms with Gasteiger partial charge in [-0.2, -0.15) is 0 Å². The molecule has 1 aromatic heterocycles. The summed E-state index contributed by atoms with van der Waals surface area (Å²) in [5.41, 5.74) is 4.02. The smallest absolute Gasteiger partial charge is 0.244 e. The number of aromatic nitrogens is 1. The van der Waals surface area contributed by atoms with Crippen LogP contribution in [0.1, 0.15) is 22.4 Å². The van der Waals surface area contributed by atoms with Gasteiger partial charge in [0.2, 0.25) is 5.91 Å². The number of nitrogens with zero attached hydrogens (tertiary/aromatic N) is 1. The molecule has 0 fully saturated rings. The number of ether oxygens (including phenoxy) is 1. The van der Waals surface area contributed by atoms with Crippen LogP contribution in [0.25, 0.3) is 6.08 Å². The predicted octanol–water partition coefficient (Wildman–Crippen LogP) is 3.04. The van der Waals surface area contributed by atoms with E-state index in [2.05, 4.69) is 10.3 Å². The van der Waals surface area contributed by atoms with Gasteiger partial charge in [0.15, 0.2) is 0 Å². The van der Waals surface area contributed by atoms with E-state index in [1.54, 1.807) is 19.4 Å². The molecule has 0 unspecified atom stereocenters. The molecule has 0 aliphatic carbocycles. The zero-order valence-corrected chi connectivity index (χ0v) is 13.1. The fraction of sp³-hybridized carbons (Fsp3) is 0.222. The Morgan fingerprint density at radius 2 is 2.00 bits per heavy atom. The molecule has 0 atom stereocenters. The van der Waals surface area contributed by atoms with Crippen molar-refractivity contribution in [3.05, 3.63) is 65.0 Å². The number of aryl methyl sites for hydroxylation is 2. The minimum absolute atomic E-state index is 0.139. The molecule has 0 aliphatic rings. The van der Waals surface area contributed by atoms with Crippen LogP contribution < -0.4 is 10.1 Å². The van der Waals surface area contributed by atoms with Gasteiger partial charge in [-0.3, -0.25) is 9.78 Å². The van der Waals surface area contributed by atoms with E-state index in [1.807, 2.05) is 50.3 Å². The molecule has 2 rings (SSSR count). The fourth-order valence-corrected chi connectivity index (χ4v) is 2.21. The Kier molecular flexibility index (Phi) is 5.31. The Balaban J connectivity index is 2.01. The van der Waals surface area contributed by atoms with Crippen LogP contribution in [0.2, 0.25) is 0 Å². The molecule has 0 aliphatic heterocycles. The van der Waals surface area contributed by atoms with Crippen LogP contribution in [-0.4, -0.2) is 18.0 Å². The summed E-state index contributed by atoms with van der Waals surface area (Å²) >= 11 is 0. The normalized spacial score (nSPS) is 10.7. The van der Waals surface area contributed by atoms with E-state index in [1.165, 1.54) is 0 Å². The highest BCUT2D eigenvalue weighted by Crippen LogP contribution is 2.22. The highest BCUT2D eigenvalue weighted by Gasteiger charge is 2.04. The Morgan fingerprint density at radius 3 is 2.59 bits per heavy atom. The van der Waals surface area contributed by atoms with E-state index in [4.69, 9.17) is 4.74 Å². The Morgan fingerprint density at radius 1 is 1.27 bits per heavy atom. The van der Waals surface area contributed by atoms with Crippen molar-refractivity contribution in [3.8, 4) is 5.75 Å². The second kappa shape index (κ2) is 7.41. The molecular formula is C18H20N2O2. The summed E-state index contributed by atoms with van der Waals surface area (Å²) in [6, 6.07) is 9.54. The lowest BCUT2D eigenvalue weighted by molar-refractivity contribution is -0.116. The molecule has 1 heterocycles. The number of pyridine rings is 1. The molecule has 0 spiro atoms. The van der Waals surface area contributed by atoms with E-state index in [-0.39, 0.29) is 5.91 Å². The van der Waals surface area contributed by atoms with Gasteiger partial charge in [-0.05, 0) is 60.9 Å². The van der Waals surface area contributed by atoms with Crippen LogP contribution in [-0.2, 0) is 11.3 Å². The van der Waals surface area contributed by atoms with Gasteiger partial charge in [0.1, 0.15) is 5.75 Å². The summed E-state index contributed by atoms with van der Waals surface area (Å²) in [5.74, 6) is 0.687. The summed E-state index contributed by atoms with van der Waals surface area (Å²) in [6.45, 7) is 4.42. The molecule has 0 saturated heterocycles. The highest BCUT2D eigenvalue weighted by atomic mass is 16.5. The summed E-state index contributed by atoms with van der Waals surface area (Å²) < 4.78 is 5.23. The zero-order chi connectivity index (χ0) is 15.9. The fourth-order valence-electron chi connectivity index (χ4n) is 2.21. The first kappa shape index (κ1) is 15.8. The first-order valence-corrected chi connectivity index (χ1v) is 7.11. The van der Waals surface area contributed by atoms with Crippen molar-refractivity contribution in [1.82, 2.24) is 10.3 Å². The first-order chi connectivity index (χ1) is 10.6. The summed E-state index contributed by atoms with van der Waals surface area (Å²) in [5, 5.41) is 2.82. The maximum Gasteiger partial charge on any atom is 0.244 e. The van der Waals surface area contributed by atoms with E-state index >= 15 is 0 Å². The lowest BCUT2D eigenvalue weighted by atomic mass is 10.0. The second-order valence-corrected chi connectivity index (χ2v) is 5.05. The number of carbonyl (C=O) groups excluding carboxylic acids is 1. The number of hydrogen-bond acceptors (Lipinski definition) is 3. The summed E-state index contributed by atoms with van der Waals surface area (Å²) in [7, 11) is 1.65. The molecule has 2 aromatic rings. The van der Waals surface area contributed by atoms with Gasteiger partial charge in [0.25, 0.3) is 0 Å². The molecule has 1 aromatic carbocycles. The minimum atomic E-state index is -0.139. The Bertz CT molecular complexity index is 656. The van der Waals surface area contributed by atoms with Crippen molar-refractivity contribution in [2.75, 3.05) is 7.11 Å². The quantitative estimate of drug-likeness (QED) is 0.863. The van der Waals surface area contributed by atoms with Crippen molar-refractivity contribution < 1.29 is 9.53 Å². The van der Waals surface area contributed by atoms with Gasteiger partial charge >= 0.3 is 0 Å². The van der Waals surface area contributed by atoms with E-state index < -0.39 is 0 Å². The van der Waals surface area contributed by atoms with Crippen LogP contribution in [0.5, 0.6) is 5.75 Å². The van der Waals surface area contributed by atoms with Crippen molar-refractivity contribution in [1.29, 1.82) is 0 Å². The monoisotopic (exact) mass is 296 g/mol. The van der Waals surface area contributed by atoms with Crippen LogP contribution in [0.15, 0.2) is 42.6 Å². The third-order valence-electron chi connectivity index (χ3n) is 3.37. The van der Waals surface area contributed by atoms with Gasteiger partial charge in [-0.25, -0.2) is 0 Å². The molecule has 22 heavy (non-hydrogen) atoms. The van der Waals surface area contributed by atoms with Gasteiger partial charge in [-0.15, -0.1) is 0 Å². The third-order valence-corrected chi connectivity index (χ3v) is 3.37. The number of rotatable bonds is 5. The molecule has 114 valence electrons. The largest absolute Gasteiger partial charge is 0.497 e. The van der Waals surface area contributed by atoms with Crippen LogP contribution in [0, 0.1) is 13.8 Å². The third kappa shape index (κ3) is 4.19. The van der Waals surface area contributed by atoms with Crippen molar-refractivity contribution in [2.24, 2.45) is 0 Å². The van der Waals surface area contributed by atoms with Crippen molar-refractivity contribution >= 4 is 12.0 Å². The number of nitrogens with one attached hydrogen (secondary N) is 1. The number of methoxy groups -OCH3 is 1. The van der Waals surface area contributed by atoms with E-state index in [0.29, 0.717) is 6.54 Å². The molecule has 0 bridgehead atoms. The number of hydrogen-bond donors (Lipinski definition) is 1. The standard InChI is InChI=1S/C18H20N2O2/c1-13-10-16(22-3)11-14(2)17(13)7-8-18(21)20-12-15-6-4-5-9-19-15/h4-11H,12H2,1-3H3,(H,20,21)/b8-7+. The molecule has 4 heteroatoms. The molecular weight excluding hydrogens is 276 g/mol. The minimum Gasteiger partial charge on any atom is -0.497 e. The van der Waals surface area contributed by atoms with Gasteiger partial charge in [0, 0.05) is 12.3 Å². The van der Waals surface area contributed by atoms with Gasteiger partial charge in [-0.1, -0.05) is 6.07 Å². The van der Waals surface area contributed by atoms with Crippen molar-refractivity contribution in [2.45, 2.75) is 20.4 Å². The highest BCUT2D eigenvalue weighted by molar-refractivity contribution is 5.92. The van der Waals surface area contributed by atoms with Gasteiger partial charge < -0.3 is 10.1 Å². The van der Waals surface area contributed by atoms with Crippen LogP contribution in [0.4, 0.5) is 0 Å². The average molecular weight is 296 g/mol. The molecule has 4 nitrogen and oxygen atoms in total. The number of amides is 1. The van der Waals surface area contributed by atoms with Gasteiger partial charge in [0.05, 0.1) is 19.3 Å². The lowest BCUT2D eigenvalue weighted by Gasteiger charge is -2.08. The van der Waals surface area contributed by atoms with Crippen molar-refractivity contribution in [3.63, 3.8) is 0 Å². The van der Waals surface area contributed by atoms with E-state index in [0.717, 1.165) is 28.1 Å².